The largest absolute Gasteiger partial charge is 0.382 e. The number of nitrogens with zero attached hydrogens (tertiary/aromatic N) is 3. The molecule has 22 heavy (non-hydrogen) atoms. The lowest BCUT2D eigenvalue weighted by Gasteiger charge is -2.10. The summed E-state index contributed by atoms with van der Waals surface area (Å²) in [4.78, 5) is 8.87. The van der Waals surface area contributed by atoms with E-state index in [0.29, 0.717) is 16.4 Å². The van der Waals surface area contributed by atoms with Gasteiger partial charge in [0, 0.05) is 10.4 Å². The van der Waals surface area contributed by atoms with Crippen LogP contribution in [0.2, 0.25) is 5.02 Å². The van der Waals surface area contributed by atoms with Gasteiger partial charge in [-0.15, -0.1) is 0 Å². The molecule has 2 aromatic carbocycles. The molecule has 0 saturated heterocycles. The molecule has 4 rings (SSSR count). The Labute approximate surface area is 132 Å². The molecule has 0 saturated carbocycles. The van der Waals surface area contributed by atoms with Gasteiger partial charge in [0.2, 0.25) is 0 Å². The molecule has 2 aromatic heterocycles. The van der Waals surface area contributed by atoms with E-state index >= 15 is 0 Å². The van der Waals surface area contributed by atoms with Crippen LogP contribution in [0.3, 0.4) is 0 Å². The average Bonchev–Trinajstić information content (AvgIpc) is 2.94. The van der Waals surface area contributed by atoms with Crippen molar-refractivity contribution in [2.45, 2.75) is 6.92 Å². The fraction of sp³-hybridized carbons (Fsp3) is 0.0588. The van der Waals surface area contributed by atoms with Gasteiger partial charge in [-0.1, -0.05) is 29.8 Å². The topological polar surface area (TPSA) is 56.7 Å². The minimum absolute atomic E-state index is 0.428. The Morgan fingerprint density at radius 2 is 1.95 bits per heavy atom. The number of para-hydroxylation sites is 1. The summed E-state index contributed by atoms with van der Waals surface area (Å²) in [6, 6.07) is 13.8. The van der Waals surface area contributed by atoms with Gasteiger partial charge in [-0.05, 0) is 36.8 Å². The third-order valence-electron chi connectivity index (χ3n) is 3.84. The number of rotatable bonds is 1. The quantitative estimate of drug-likeness (QED) is 0.575. The summed E-state index contributed by atoms with van der Waals surface area (Å²) >= 11 is 6.17. The molecule has 5 heteroatoms. The molecule has 2 heterocycles. The maximum Gasteiger partial charge on any atom is 0.152 e. The highest BCUT2D eigenvalue weighted by Gasteiger charge is 2.14. The molecule has 0 aliphatic carbocycles. The van der Waals surface area contributed by atoms with Gasteiger partial charge >= 0.3 is 0 Å². The molecule has 4 aromatic rings. The van der Waals surface area contributed by atoms with Crippen molar-refractivity contribution >= 4 is 39.4 Å². The maximum atomic E-state index is 6.17. The number of nitrogen functional groups attached to an aromatic ring is 1. The zero-order chi connectivity index (χ0) is 15.3. The van der Waals surface area contributed by atoms with Gasteiger partial charge in [0.05, 0.1) is 16.7 Å². The Balaban J connectivity index is 2.19. The van der Waals surface area contributed by atoms with E-state index in [1.165, 1.54) is 0 Å². The average molecular weight is 309 g/mol. The first kappa shape index (κ1) is 13.1. The van der Waals surface area contributed by atoms with Gasteiger partial charge in [0.1, 0.15) is 11.8 Å². The van der Waals surface area contributed by atoms with Gasteiger partial charge in [-0.25, -0.2) is 9.97 Å². The van der Waals surface area contributed by atoms with Crippen LogP contribution in [0, 0.1) is 6.92 Å². The van der Waals surface area contributed by atoms with E-state index in [2.05, 4.69) is 29.0 Å². The summed E-state index contributed by atoms with van der Waals surface area (Å²) < 4.78 is 2.04. The van der Waals surface area contributed by atoms with Gasteiger partial charge in [0.15, 0.2) is 5.82 Å². The molecule has 0 unspecified atom stereocenters. The minimum Gasteiger partial charge on any atom is -0.382 e. The van der Waals surface area contributed by atoms with E-state index in [4.69, 9.17) is 17.3 Å². The van der Waals surface area contributed by atoms with Crippen molar-refractivity contribution in [1.82, 2.24) is 14.5 Å². The zero-order valence-corrected chi connectivity index (χ0v) is 12.7. The van der Waals surface area contributed by atoms with Crippen LogP contribution in [-0.2, 0) is 0 Å². The summed E-state index contributed by atoms with van der Waals surface area (Å²) in [6.45, 7) is 2.07. The second-order valence-electron chi connectivity index (χ2n) is 5.26. The molecule has 0 amide bonds. The summed E-state index contributed by atoms with van der Waals surface area (Å²) in [5, 5.41) is 1.61. The van der Waals surface area contributed by atoms with Crippen LogP contribution in [0.15, 0.2) is 48.8 Å². The molecule has 0 spiro atoms. The number of halogens is 1. The Morgan fingerprint density at radius 3 is 2.77 bits per heavy atom. The molecular formula is C17H13ClN4. The SMILES string of the molecule is Cc1ccccc1-n1cnc2c(N)nc3ccc(Cl)cc3c21. The van der Waals surface area contributed by atoms with Crippen molar-refractivity contribution in [3.8, 4) is 5.69 Å². The number of imidazole rings is 1. The van der Waals surface area contributed by atoms with Crippen LogP contribution >= 0.6 is 11.6 Å². The van der Waals surface area contributed by atoms with Crippen molar-refractivity contribution in [3.63, 3.8) is 0 Å². The highest BCUT2D eigenvalue weighted by atomic mass is 35.5. The Hall–Kier alpha value is -2.59. The molecule has 2 N–H and O–H groups in total. The monoisotopic (exact) mass is 308 g/mol. The summed E-state index contributed by atoms with van der Waals surface area (Å²) in [5.74, 6) is 0.428. The molecule has 0 radical (unpaired) electrons. The van der Waals surface area contributed by atoms with Crippen molar-refractivity contribution < 1.29 is 0 Å². The fourth-order valence-corrected chi connectivity index (χ4v) is 2.96. The normalized spacial score (nSPS) is 11.4. The third kappa shape index (κ3) is 1.84. The van der Waals surface area contributed by atoms with E-state index in [-0.39, 0.29) is 0 Å². The van der Waals surface area contributed by atoms with Crippen LogP contribution in [-0.4, -0.2) is 14.5 Å². The number of fused-ring (bicyclic) bond motifs is 3. The predicted octanol–water partition coefficient (Wildman–Crippen LogP) is 4.12. The van der Waals surface area contributed by atoms with Crippen LogP contribution < -0.4 is 5.73 Å². The van der Waals surface area contributed by atoms with Gasteiger partial charge in [0.25, 0.3) is 0 Å². The second-order valence-corrected chi connectivity index (χ2v) is 5.69. The van der Waals surface area contributed by atoms with E-state index < -0.39 is 0 Å². The van der Waals surface area contributed by atoms with Crippen molar-refractivity contribution in [3.05, 3.63) is 59.4 Å². The molecule has 0 atom stereocenters. The smallest absolute Gasteiger partial charge is 0.152 e. The lowest BCUT2D eigenvalue weighted by Crippen LogP contribution is -1.98. The van der Waals surface area contributed by atoms with Crippen LogP contribution in [0.1, 0.15) is 5.56 Å². The van der Waals surface area contributed by atoms with Crippen LogP contribution in [0.5, 0.6) is 0 Å². The molecule has 108 valence electrons. The summed E-state index contributed by atoms with van der Waals surface area (Å²) in [6.07, 6.45) is 1.78. The van der Waals surface area contributed by atoms with E-state index in [1.54, 1.807) is 6.33 Å². The molecule has 0 fully saturated rings. The molecule has 0 aliphatic heterocycles. The maximum absolute atomic E-state index is 6.17. The first-order chi connectivity index (χ1) is 10.6. The van der Waals surface area contributed by atoms with Crippen LogP contribution in [0.4, 0.5) is 5.82 Å². The standard InChI is InChI=1S/C17H13ClN4/c1-10-4-2-3-5-14(10)22-9-20-15-16(22)12-8-11(18)6-7-13(12)21-17(15)19/h2-9H,1H3,(H2,19,21). The first-order valence-electron chi connectivity index (χ1n) is 6.93. The molecular weight excluding hydrogens is 296 g/mol. The number of aryl methyl sites for hydroxylation is 1. The summed E-state index contributed by atoms with van der Waals surface area (Å²) in [5.41, 5.74) is 10.7. The first-order valence-corrected chi connectivity index (χ1v) is 7.31. The Kier molecular flexibility index (Phi) is 2.81. The Morgan fingerprint density at radius 1 is 1.14 bits per heavy atom. The number of benzene rings is 2. The van der Waals surface area contributed by atoms with E-state index in [9.17, 15) is 0 Å². The third-order valence-corrected chi connectivity index (χ3v) is 4.07. The lowest BCUT2D eigenvalue weighted by molar-refractivity contribution is 1.08. The highest BCUT2D eigenvalue weighted by molar-refractivity contribution is 6.31. The molecule has 0 aliphatic rings. The van der Waals surface area contributed by atoms with Gasteiger partial charge in [-0.3, -0.25) is 4.57 Å². The van der Waals surface area contributed by atoms with Crippen molar-refractivity contribution in [2.75, 3.05) is 5.73 Å². The number of anilines is 1. The van der Waals surface area contributed by atoms with Crippen LogP contribution in [0.25, 0.3) is 27.6 Å². The van der Waals surface area contributed by atoms with Crippen molar-refractivity contribution in [2.24, 2.45) is 0 Å². The zero-order valence-electron chi connectivity index (χ0n) is 11.9. The number of nitrogens with two attached hydrogens (primary N) is 1. The number of pyridine rings is 1. The van der Waals surface area contributed by atoms with E-state index in [0.717, 1.165) is 27.7 Å². The molecule has 4 nitrogen and oxygen atoms in total. The fourth-order valence-electron chi connectivity index (χ4n) is 2.79. The minimum atomic E-state index is 0.428. The number of hydrogen-bond acceptors (Lipinski definition) is 3. The predicted molar refractivity (Wildman–Crippen MR) is 90.5 cm³/mol. The van der Waals surface area contributed by atoms with Crippen molar-refractivity contribution in [1.29, 1.82) is 0 Å². The van der Waals surface area contributed by atoms with E-state index in [1.807, 2.05) is 34.9 Å². The Bertz CT molecular complexity index is 1020. The lowest BCUT2D eigenvalue weighted by atomic mass is 10.1. The second kappa shape index (κ2) is 4.71. The number of aromatic nitrogens is 3. The summed E-state index contributed by atoms with van der Waals surface area (Å²) in [7, 11) is 0. The molecule has 0 bridgehead atoms. The van der Waals surface area contributed by atoms with Gasteiger partial charge < -0.3 is 5.73 Å². The van der Waals surface area contributed by atoms with Gasteiger partial charge in [-0.2, -0.15) is 0 Å². The highest BCUT2D eigenvalue weighted by Crippen LogP contribution is 2.31. The number of hydrogen-bond donors (Lipinski definition) is 1.